The van der Waals surface area contributed by atoms with Crippen molar-refractivity contribution in [1.82, 2.24) is 14.8 Å². The van der Waals surface area contributed by atoms with Crippen LogP contribution in [0, 0.1) is 0 Å². The van der Waals surface area contributed by atoms with Gasteiger partial charge >= 0.3 is 0 Å². The fraction of sp³-hybridized carbons (Fsp3) is 0.176. The molecule has 24 heavy (non-hydrogen) atoms. The van der Waals surface area contributed by atoms with Crippen LogP contribution in [0.2, 0.25) is 10.0 Å². The predicted molar refractivity (Wildman–Crippen MR) is 105 cm³/mol. The van der Waals surface area contributed by atoms with Crippen molar-refractivity contribution in [3.8, 4) is 11.4 Å². The number of benzene rings is 2. The molecule has 0 amide bonds. The molecule has 0 aliphatic heterocycles. The van der Waals surface area contributed by atoms with E-state index < -0.39 is 0 Å². The molecular weight excluding hydrogens is 429 g/mol. The van der Waals surface area contributed by atoms with Crippen LogP contribution in [0.15, 0.2) is 52.1 Å². The minimum atomic E-state index is 0.568. The lowest BCUT2D eigenvalue weighted by Crippen LogP contribution is -2.00. The molecule has 0 aliphatic rings. The van der Waals surface area contributed by atoms with Crippen LogP contribution in [0.25, 0.3) is 11.4 Å². The van der Waals surface area contributed by atoms with Crippen LogP contribution in [0.5, 0.6) is 0 Å². The number of halogens is 3. The smallest absolute Gasteiger partial charge is 0.191 e. The standard InChI is InChI=1S/C17H14BrCl2N3S/c1-2-23-16(12-5-3-4-6-13(12)18)21-22-17(23)24-10-11-7-8-14(19)15(20)9-11/h3-9H,2,10H2,1H3. The van der Waals surface area contributed by atoms with Gasteiger partial charge in [0.2, 0.25) is 0 Å². The molecule has 3 nitrogen and oxygen atoms in total. The van der Waals surface area contributed by atoms with Crippen LogP contribution in [0.1, 0.15) is 12.5 Å². The predicted octanol–water partition coefficient (Wildman–Crippen LogP) is 6.33. The number of aromatic nitrogens is 3. The third kappa shape index (κ3) is 3.80. The van der Waals surface area contributed by atoms with E-state index >= 15 is 0 Å². The molecule has 124 valence electrons. The molecule has 0 fully saturated rings. The second kappa shape index (κ2) is 7.91. The molecular formula is C17H14BrCl2N3S. The fourth-order valence-electron chi connectivity index (χ4n) is 2.30. The van der Waals surface area contributed by atoms with E-state index in [0.717, 1.165) is 38.9 Å². The second-order valence-electron chi connectivity index (χ2n) is 5.07. The molecule has 7 heteroatoms. The number of rotatable bonds is 5. The molecule has 0 atom stereocenters. The molecule has 3 rings (SSSR count). The maximum atomic E-state index is 6.08. The Kier molecular flexibility index (Phi) is 5.87. The van der Waals surface area contributed by atoms with Crippen molar-refractivity contribution in [2.45, 2.75) is 24.4 Å². The van der Waals surface area contributed by atoms with E-state index in [4.69, 9.17) is 23.2 Å². The van der Waals surface area contributed by atoms with Gasteiger partial charge in [0.05, 0.1) is 10.0 Å². The summed E-state index contributed by atoms with van der Waals surface area (Å²) >= 11 is 17.3. The summed E-state index contributed by atoms with van der Waals surface area (Å²) in [5.74, 6) is 1.62. The van der Waals surface area contributed by atoms with E-state index in [9.17, 15) is 0 Å². The van der Waals surface area contributed by atoms with Gasteiger partial charge in [-0.25, -0.2) is 0 Å². The summed E-state index contributed by atoms with van der Waals surface area (Å²) in [4.78, 5) is 0. The fourth-order valence-corrected chi connectivity index (χ4v) is 4.03. The van der Waals surface area contributed by atoms with Crippen molar-refractivity contribution in [3.63, 3.8) is 0 Å². The van der Waals surface area contributed by atoms with E-state index in [-0.39, 0.29) is 0 Å². The highest BCUT2D eigenvalue weighted by atomic mass is 79.9. The summed E-state index contributed by atoms with van der Waals surface area (Å²) in [7, 11) is 0. The summed E-state index contributed by atoms with van der Waals surface area (Å²) in [5, 5.41) is 10.8. The normalized spacial score (nSPS) is 11.0. The lowest BCUT2D eigenvalue weighted by molar-refractivity contribution is 0.687. The van der Waals surface area contributed by atoms with Crippen molar-refractivity contribution in [1.29, 1.82) is 0 Å². The largest absolute Gasteiger partial charge is 0.302 e. The lowest BCUT2D eigenvalue weighted by atomic mass is 10.2. The minimum absolute atomic E-state index is 0.568. The first kappa shape index (κ1) is 17.8. The van der Waals surface area contributed by atoms with Gasteiger partial charge in [0.25, 0.3) is 0 Å². The van der Waals surface area contributed by atoms with E-state index in [1.165, 1.54) is 0 Å². The Labute approximate surface area is 163 Å². The van der Waals surface area contributed by atoms with Gasteiger partial charge in [-0.05, 0) is 30.7 Å². The molecule has 0 radical (unpaired) electrons. The third-order valence-corrected chi connectivity index (χ3v) is 5.97. The van der Waals surface area contributed by atoms with E-state index in [0.29, 0.717) is 10.0 Å². The molecule has 0 saturated carbocycles. The van der Waals surface area contributed by atoms with E-state index in [2.05, 4.69) is 37.6 Å². The van der Waals surface area contributed by atoms with Crippen LogP contribution < -0.4 is 0 Å². The Bertz CT molecular complexity index is 867. The highest BCUT2D eigenvalue weighted by Gasteiger charge is 2.15. The van der Waals surface area contributed by atoms with Crippen LogP contribution in [0.4, 0.5) is 0 Å². The van der Waals surface area contributed by atoms with Gasteiger partial charge in [0.15, 0.2) is 11.0 Å². The van der Waals surface area contributed by atoms with E-state index in [1.807, 2.05) is 42.5 Å². The van der Waals surface area contributed by atoms with Gasteiger partial charge in [0.1, 0.15) is 0 Å². The Morgan fingerprint density at radius 1 is 1.08 bits per heavy atom. The highest BCUT2D eigenvalue weighted by molar-refractivity contribution is 9.10. The molecule has 0 spiro atoms. The summed E-state index contributed by atoms with van der Waals surface area (Å²) < 4.78 is 3.12. The van der Waals surface area contributed by atoms with Gasteiger partial charge in [-0.2, -0.15) is 0 Å². The first-order valence-corrected chi connectivity index (χ1v) is 9.88. The molecule has 0 aliphatic carbocycles. The first-order chi connectivity index (χ1) is 11.6. The molecule has 0 N–H and O–H groups in total. The summed E-state index contributed by atoms with van der Waals surface area (Å²) in [6.07, 6.45) is 0. The monoisotopic (exact) mass is 441 g/mol. The molecule has 0 unspecified atom stereocenters. The molecule has 1 aromatic heterocycles. The van der Waals surface area contributed by atoms with Crippen molar-refractivity contribution in [3.05, 3.63) is 62.5 Å². The quantitative estimate of drug-likeness (QED) is 0.432. The molecule has 0 saturated heterocycles. The number of hydrogen-bond donors (Lipinski definition) is 0. The van der Waals surface area contributed by atoms with E-state index in [1.54, 1.807) is 11.8 Å². The Balaban J connectivity index is 1.84. The van der Waals surface area contributed by atoms with Gasteiger partial charge in [-0.1, -0.05) is 75.2 Å². The van der Waals surface area contributed by atoms with Gasteiger partial charge < -0.3 is 4.57 Å². The van der Waals surface area contributed by atoms with Gasteiger partial charge in [-0.3, -0.25) is 0 Å². The SMILES string of the molecule is CCn1c(SCc2ccc(Cl)c(Cl)c2)nnc1-c1ccccc1Br. The zero-order valence-corrected chi connectivity index (χ0v) is 16.8. The average molecular weight is 443 g/mol. The first-order valence-electron chi connectivity index (χ1n) is 7.35. The molecule has 3 aromatic rings. The maximum absolute atomic E-state index is 6.08. The number of hydrogen-bond acceptors (Lipinski definition) is 3. The number of nitrogens with zero attached hydrogens (tertiary/aromatic N) is 3. The van der Waals surface area contributed by atoms with Crippen LogP contribution in [0.3, 0.4) is 0 Å². The van der Waals surface area contributed by atoms with Crippen molar-refractivity contribution in [2.24, 2.45) is 0 Å². The Morgan fingerprint density at radius 3 is 2.58 bits per heavy atom. The Hall–Kier alpha value is -1.01. The maximum Gasteiger partial charge on any atom is 0.191 e. The van der Waals surface area contributed by atoms with Crippen molar-refractivity contribution >= 4 is 50.9 Å². The van der Waals surface area contributed by atoms with Gasteiger partial charge in [-0.15, -0.1) is 10.2 Å². The lowest BCUT2D eigenvalue weighted by Gasteiger charge is -2.09. The van der Waals surface area contributed by atoms with Crippen LogP contribution in [-0.4, -0.2) is 14.8 Å². The zero-order valence-electron chi connectivity index (χ0n) is 12.8. The summed E-state index contributed by atoms with van der Waals surface area (Å²) in [6, 6.07) is 13.7. The molecule has 0 bridgehead atoms. The summed E-state index contributed by atoms with van der Waals surface area (Å²) in [5.41, 5.74) is 2.13. The minimum Gasteiger partial charge on any atom is -0.302 e. The third-order valence-electron chi connectivity index (χ3n) is 3.50. The zero-order chi connectivity index (χ0) is 17.1. The average Bonchev–Trinajstić information content (AvgIpc) is 2.99. The molecule has 1 heterocycles. The summed E-state index contributed by atoms with van der Waals surface area (Å²) in [6.45, 7) is 2.89. The highest BCUT2D eigenvalue weighted by Crippen LogP contribution is 2.31. The number of thioether (sulfide) groups is 1. The van der Waals surface area contributed by atoms with Crippen molar-refractivity contribution in [2.75, 3.05) is 0 Å². The van der Waals surface area contributed by atoms with Crippen LogP contribution >= 0.6 is 50.9 Å². The van der Waals surface area contributed by atoms with Gasteiger partial charge in [0, 0.05) is 22.3 Å². The van der Waals surface area contributed by atoms with Crippen LogP contribution in [-0.2, 0) is 12.3 Å². The molecule has 2 aromatic carbocycles. The second-order valence-corrected chi connectivity index (χ2v) is 7.68. The topological polar surface area (TPSA) is 30.7 Å². The Morgan fingerprint density at radius 2 is 1.88 bits per heavy atom. The van der Waals surface area contributed by atoms with Crippen molar-refractivity contribution < 1.29 is 0 Å².